The number of amides is 4. The van der Waals surface area contributed by atoms with E-state index in [1.165, 1.54) is 31.4 Å². The summed E-state index contributed by atoms with van der Waals surface area (Å²) in [5, 5.41) is 2.26. The lowest BCUT2D eigenvalue weighted by atomic mass is 10.1. The van der Waals surface area contributed by atoms with Crippen LogP contribution in [-0.4, -0.2) is 42.4 Å². The number of benzene rings is 1. The Kier molecular flexibility index (Phi) is 6.27. The first-order valence-electron chi connectivity index (χ1n) is 9.84. The predicted molar refractivity (Wildman–Crippen MR) is 105 cm³/mol. The largest absolute Gasteiger partial charge is 0.372 e. The number of rotatable bonds is 5. The van der Waals surface area contributed by atoms with Crippen LogP contribution in [0.5, 0.6) is 0 Å². The molecule has 0 aromatic heterocycles. The van der Waals surface area contributed by atoms with Crippen molar-refractivity contribution < 1.29 is 14.4 Å². The Labute approximate surface area is 160 Å². The molecule has 27 heavy (non-hydrogen) atoms. The Morgan fingerprint density at radius 2 is 1.67 bits per heavy atom. The second kappa shape index (κ2) is 8.84. The van der Waals surface area contributed by atoms with Crippen LogP contribution < -0.4 is 10.2 Å². The van der Waals surface area contributed by atoms with E-state index in [9.17, 15) is 14.4 Å². The fourth-order valence-electron chi connectivity index (χ4n) is 3.49. The molecule has 2 aliphatic heterocycles. The Morgan fingerprint density at radius 1 is 1.00 bits per heavy atom. The lowest BCUT2D eigenvalue weighted by Crippen LogP contribution is -2.54. The van der Waals surface area contributed by atoms with Gasteiger partial charge in [-0.15, -0.1) is 0 Å². The van der Waals surface area contributed by atoms with E-state index in [0.29, 0.717) is 13.0 Å². The fraction of sp³-hybridized carbons (Fsp3) is 0.476. The second-order valence-electron chi connectivity index (χ2n) is 7.12. The molecule has 0 saturated carbocycles. The fourth-order valence-corrected chi connectivity index (χ4v) is 3.49. The van der Waals surface area contributed by atoms with Crippen molar-refractivity contribution >= 4 is 29.6 Å². The summed E-state index contributed by atoms with van der Waals surface area (Å²) in [4.78, 5) is 40.1. The number of hydrogen-bond donors (Lipinski definition) is 1. The van der Waals surface area contributed by atoms with Gasteiger partial charge in [-0.2, -0.15) is 0 Å². The minimum absolute atomic E-state index is 0.00762. The number of barbiturate groups is 1. The Morgan fingerprint density at radius 3 is 2.30 bits per heavy atom. The number of urea groups is 1. The summed E-state index contributed by atoms with van der Waals surface area (Å²) in [6, 6.07) is 7.26. The van der Waals surface area contributed by atoms with Crippen molar-refractivity contribution in [2.75, 3.05) is 24.5 Å². The maximum absolute atomic E-state index is 12.6. The zero-order valence-electron chi connectivity index (χ0n) is 15.9. The van der Waals surface area contributed by atoms with Crippen LogP contribution in [0.3, 0.4) is 0 Å². The summed E-state index contributed by atoms with van der Waals surface area (Å²) in [6.45, 7) is 4.44. The molecule has 0 atom stereocenters. The SMILES string of the molecule is CCCCN1C(=O)NC(=O)C(=Cc2ccc(N3CCCCCC3)cc2)C1=O. The summed E-state index contributed by atoms with van der Waals surface area (Å²) in [7, 11) is 0. The third kappa shape index (κ3) is 4.56. The van der Waals surface area contributed by atoms with Gasteiger partial charge in [-0.1, -0.05) is 38.3 Å². The van der Waals surface area contributed by atoms with Gasteiger partial charge in [0.25, 0.3) is 11.8 Å². The molecule has 0 radical (unpaired) electrons. The van der Waals surface area contributed by atoms with Gasteiger partial charge in [-0.05, 0) is 43.0 Å². The highest BCUT2D eigenvalue weighted by Crippen LogP contribution is 2.22. The minimum atomic E-state index is -0.632. The van der Waals surface area contributed by atoms with Crippen LogP contribution in [0.25, 0.3) is 6.08 Å². The molecule has 2 fully saturated rings. The number of imide groups is 2. The number of hydrogen-bond acceptors (Lipinski definition) is 4. The maximum Gasteiger partial charge on any atom is 0.331 e. The van der Waals surface area contributed by atoms with E-state index in [1.54, 1.807) is 6.08 Å². The Hall–Kier alpha value is -2.63. The van der Waals surface area contributed by atoms with E-state index in [-0.39, 0.29) is 5.57 Å². The number of anilines is 1. The third-order valence-corrected chi connectivity index (χ3v) is 5.10. The van der Waals surface area contributed by atoms with Gasteiger partial charge in [-0.3, -0.25) is 19.8 Å². The highest BCUT2D eigenvalue weighted by molar-refractivity contribution is 6.31. The van der Waals surface area contributed by atoms with Gasteiger partial charge in [-0.25, -0.2) is 4.79 Å². The number of nitrogens with one attached hydrogen (secondary N) is 1. The first kappa shape index (κ1) is 19.1. The lowest BCUT2D eigenvalue weighted by Gasteiger charge is -2.26. The molecule has 2 heterocycles. The number of carbonyl (C=O) groups is 3. The van der Waals surface area contributed by atoms with E-state index in [0.717, 1.165) is 30.0 Å². The van der Waals surface area contributed by atoms with Gasteiger partial charge in [0.15, 0.2) is 0 Å². The average Bonchev–Trinajstić information content (AvgIpc) is 2.95. The van der Waals surface area contributed by atoms with Crippen LogP contribution in [0.4, 0.5) is 10.5 Å². The predicted octanol–water partition coefficient (Wildman–Crippen LogP) is 3.33. The lowest BCUT2D eigenvalue weighted by molar-refractivity contribution is -0.130. The van der Waals surface area contributed by atoms with Gasteiger partial charge in [0, 0.05) is 25.3 Å². The maximum atomic E-state index is 12.6. The van der Waals surface area contributed by atoms with Gasteiger partial charge in [0.1, 0.15) is 5.57 Å². The van der Waals surface area contributed by atoms with E-state index in [4.69, 9.17) is 0 Å². The number of nitrogens with zero attached hydrogens (tertiary/aromatic N) is 2. The Balaban J connectivity index is 1.76. The van der Waals surface area contributed by atoms with Crippen LogP contribution in [0, 0.1) is 0 Å². The van der Waals surface area contributed by atoms with Gasteiger partial charge < -0.3 is 4.90 Å². The van der Waals surface area contributed by atoms with E-state index < -0.39 is 17.8 Å². The molecule has 3 rings (SSSR count). The molecule has 144 valence electrons. The summed E-state index contributed by atoms with van der Waals surface area (Å²) < 4.78 is 0. The summed E-state index contributed by atoms with van der Waals surface area (Å²) in [5.74, 6) is -1.15. The normalized spacial score (nSPS) is 20.0. The van der Waals surface area contributed by atoms with Crippen LogP contribution in [0.15, 0.2) is 29.8 Å². The molecule has 0 bridgehead atoms. The van der Waals surface area contributed by atoms with Crippen LogP contribution >= 0.6 is 0 Å². The molecule has 2 aliphatic rings. The monoisotopic (exact) mass is 369 g/mol. The van der Waals surface area contributed by atoms with Crippen LogP contribution in [0.2, 0.25) is 0 Å². The molecule has 6 nitrogen and oxygen atoms in total. The third-order valence-electron chi connectivity index (χ3n) is 5.10. The standard InChI is InChI=1S/C21H27N3O3/c1-2-3-14-24-20(26)18(19(25)22-21(24)27)15-16-8-10-17(11-9-16)23-12-6-4-5-7-13-23/h8-11,15H,2-7,12-14H2,1H3,(H,22,25,27). The van der Waals surface area contributed by atoms with Gasteiger partial charge in [0.05, 0.1) is 0 Å². The smallest absolute Gasteiger partial charge is 0.331 e. The van der Waals surface area contributed by atoms with Crippen molar-refractivity contribution in [3.8, 4) is 0 Å². The summed E-state index contributed by atoms with van der Waals surface area (Å²) in [5.41, 5.74) is 1.95. The quantitative estimate of drug-likeness (QED) is 0.638. The molecule has 4 amide bonds. The topological polar surface area (TPSA) is 69.7 Å². The molecule has 1 N–H and O–H groups in total. The van der Waals surface area contributed by atoms with Crippen molar-refractivity contribution in [3.05, 3.63) is 35.4 Å². The van der Waals surface area contributed by atoms with E-state index >= 15 is 0 Å². The minimum Gasteiger partial charge on any atom is -0.372 e. The molecular formula is C21H27N3O3. The van der Waals surface area contributed by atoms with Crippen molar-refractivity contribution in [2.24, 2.45) is 0 Å². The van der Waals surface area contributed by atoms with Crippen molar-refractivity contribution in [1.82, 2.24) is 10.2 Å². The highest BCUT2D eigenvalue weighted by Gasteiger charge is 2.35. The second-order valence-corrected chi connectivity index (χ2v) is 7.12. The van der Waals surface area contributed by atoms with Crippen molar-refractivity contribution in [1.29, 1.82) is 0 Å². The molecule has 0 unspecified atom stereocenters. The average molecular weight is 369 g/mol. The van der Waals surface area contributed by atoms with Crippen LogP contribution in [0.1, 0.15) is 51.0 Å². The summed E-state index contributed by atoms with van der Waals surface area (Å²) >= 11 is 0. The van der Waals surface area contributed by atoms with Crippen molar-refractivity contribution in [2.45, 2.75) is 45.4 Å². The first-order chi connectivity index (χ1) is 13.1. The number of unbranched alkanes of at least 4 members (excludes halogenated alkanes) is 1. The number of carbonyl (C=O) groups excluding carboxylic acids is 3. The Bertz CT molecular complexity index is 732. The van der Waals surface area contributed by atoms with E-state index in [2.05, 4.69) is 10.2 Å². The zero-order valence-corrected chi connectivity index (χ0v) is 15.9. The molecule has 1 aromatic carbocycles. The van der Waals surface area contributed by atoms with Crippen LogP contribution in [-0.2, 0) is 9.59 Å². The van der Waals surface area contributed by atoms with Gasteiger partial charge >= 0.3 is 6.03 Å². The molecule has 0 spiro atoms. The highest BCUT2D eigenvalue weighted by atomic mass is 16.2. The van der Waals surface area contributed by atoms with E-state index in [1.807, 2.05) is 31.2 Å². The molecule has 0 aliphatic carbocycles. The molecule has 1 aromatic rings. The summed E-state index contributed by atoms with van der Waals surface area (Å²) in [6.07, 6.45) is 8.13. The van der Waals surface area contributed by atoms with Gasteiger partial charge in [0.2, 0.25) is 0 Å². The molecule has 2 saturated heterocycles. The van der Waals surface area contributed by atoms with Crippen molar-refractivity contribution in [3.63, 3.8) is 0 Å². The molecule has 6 heteroatoms. The molecular weight excluding hydrogens is 342 g/mol. The first-order valence-corrected chi connectivity index (χ1v) is 9.84. The zero-order chi connectivity index (χ0) is 19.2.